The highest BCUT2D eigenvalue weighted by atomic mass is 16.6. The van der Waals surface area contributed by atoms with Gasteiger partial charge in [0, 0.05) is 18.7 Å². The highest BCUT2D eigenvalue weighted by Crippen LogP contribution is 2.19. The molecule has 8 heteroatoms. The first kappa shape index (κ1) is 20.6. The predicted octanol–water partition coefficient (Wildman–Crippen LogP) is 2.86. The number of methoxy groups -OCH3 is 1. The molecule has 0 aliphatic carbocycles. The van der Waals surface area contributed by atoms with Crippen LogP contribution in [0.4, 0.5) is 5.69 Å². The van der Waals surface area contributed by atoms with E-state index in [-0.39, 0.29) is 17.8 Å². The number of nitro benzene ring substituents is 1. The number of benzene rings is 2. The molecule has 0 aliphatic heterocycles. The quantitative estimate of drug-likeness (QED) is 0.324. The van der Waals surface area contributed by atoms with Crippen LogP contribution >= 0.6 is 0 Å². The minimum Gasteiger partial charge on any atom is -0.497 e. The van der Waals surface area contributed by atoms with Crippen LogP contribution in [-0.2, 0) is 20.9 Å². The molecule has 0 unspecified atom stereocenters. The van der Waals surface area contributed by atoms with Gasteiger partial charge in [0.15, 0.2) is 6.10 Å². The summed E-state index contributed by atoms with van der Waals surface area (Å²) in [5.74, 6) is -0.517. The second-order valence-corrected chi connectivity index (χ2v) is 5.79. The molecule has 0 saturated carbocycles. The first-order valence-corrected chi connectivity index (χ1v) is 8.43. The maximum atomic E-state index is 12.1. The molecule has 1 N–H and O–H groups in total. The zero-order chi connectivity index (χ0) is 20.5. The molecule has 0 saturated heterocycles. The molecule has 0 aromatic heterocycles. The van der Waals surface area contributed by atoms with Gasteiger partial charge in [-0.1, -0.05) is 24.3 Å². The van der Waals surface area contributed by atoms with Crippen molar-refractivity contribution in [2.45, 2.75) is 19.6 Å². The Bertz CT molecular complexity index is 877. The maximum Gasteiger partial charge on any atom is 0.331 e. The lowest BCUT2D eigenvalue weighted by Gasteiger charge is -2.12. The number of carbonyl (C=O) groups is 2. The summed E-state index contributed by atoms with van der Waals surface area (Å²) < 4.78 is 10.1. The van der Waals surface area contributed by atoms with Gasteiger partial charge >= 0.3 is 5.97 Å². The van der Waals surface area contributed by atoms with Crippen LogP contribution in [0.2, 0.25) is 0 Å². The standard InChI is InChI=1S/C20H20N2O6/c1-14(20(24)21-13-15-7-10-17(27-2)11-8-15)28-19(23)12-9-16-5-3-4-6-18(16)22(25)26/h3-12,14H,13H2,1-2H3,(H,21,24)/b12-9+/t14-/m0/s1. The number of nitrogens with zero attached hydrogens (tertiary/aromatic N) is 1. The fourth-order valence-corrected chi connectivity index (χ4v) is 2.30. The van der Waals surface area contributed by atoms with Crippen LogP contribution in [0.15, 0.2) is 54.6 Å². The van der Waals surface area contributed by atoms with E-state index in [1.807, 2.05) is 12.1 Å². The highest BCUT2D eigenvalue weighted by molar-refractivity contribution is 5.90. The van der Waals surface area contributed by atoms with Gasteiger partial charge < -0.3 is 14.8 Å². The van der Waals surface area contributed by atoms with Crippen LogP contribution in [0.5, 0.6) is 5.75 Å². The Hall–Kier alpha value is -3.68. The summed E-state index contributed by atoms with van der Waals surface area (Å²) in [4.78, 5) is 34.4. The highest BCUT2D eigenvalue weighted by Gasteiger charge is 2.16. The van der Waals surface area contributed by atoms with E-state index in [4.69, 9.17) is 9.47 Å². The Morgan fingerprint density at radius 3 is 2.50 bits per heavy atom. The molecular weight excluding hydrogens is 364 g/mol. The van der Waals surface area contributed by atoms with Crippen LogP contribution < -0.4 is 10.1 Å². The summed E-state index contributed by atoms with van der Waals surface area (Å²) in [7, 11) is 1.57. The lowest BCUT2D eigenvalue weighted by molar-refractivity contribution is -0.385. The Labute approximate surface area is 161 Å². The van der Waals surface area contributed by atoms with Gasteiger partial charge in [0.05, 0.1) is 17.6 Å². The fourth-order valence-electron chi connectivity index (χ4n) is 2.30. The van der Waals surface area contributed by atoms with Gasteiger partial charge in [0.1, 0.15) is 5.75 Å². The lowest BCUT2D eigenvalue weighted by Crippen LogP contribution is -2.35. The Morgan fingerprint density at radius 2 is 1.86 bits per heavy atom. The summed E-state index contributed by atoms with van der Waals surface area (Å²) in [5, 5.41) is 13.6. The molecule has 2 rings (SSSR count). The second-order valence-electron chi connectivity index (χ2n) is 5.79. The number of para-hydroxylation sites is 1. The molecule has 1 amide bonds. The van der Waals surface area contributed by atoms with E-state index >= 15 is 0 Å². The van der Waals surface area contributed by atoms with E-state index in [1.54, 1.807) is 25.3 Å². The first-order chi connectivity index (χ1) is 13.4. The fraction of sp³-hybridized carbons (Fsp3) is 0.200. The topological polar surface area (TPSA) is 108 Å². The molecular formula is C20H20N2O6. The third-order valence-electron chi connectivity index (χ3n) is 3.82. The van der Waals surface area contributed by atoms with Gasteiger partial charge in [-0.2, -0.15) is 0 Å². The number of amides is 1. The Morgan fingerprint density at radius 1 is 1.18 bits per heavy atom. The number of esters is 1. The van der Waals surface area contributed by atoms with Crippen LogP contribution in [0.1, 0.15) is 18.1 Å². The van der Waals surface area contributed by atoms with Gasteiger partial charge in [-0.3, -0.25) is 14.9 Å². The van der Waals surface area contributed by atoms with E-state index in [1.165, 1.54) is 31.2 Å². The van der Waals surface area contributed by atoms with Crippen molar-refractivity contribution in [3.63, 3.8) is 0 Å². The van der Waals surface area contributed by atoms with Crippen LogP contribution in [0.25, 0.3) is 6.08 Å². The van der Waals surface area contributed by atoms with Crippen molar-refractivity contribution < 1.29 is 24.0 Å². The number of hydrogen-bond acceptors (Lipinski definition) is 6. The maximum absolute atomic E-state index is 12.1. The van der Waals surface area contributed by atoms with Gasteiger partial charge in [-0.05, 0) is 36.8 Å². The third-order valence-corrected chi connectivity index (χ3v) is 3.82. The van der Waals surface area contributed by atoms with E-state index in [9.17, 15) is 19.7 Å². The zero-order valence-corrected chi connectivity index (χ0v) is 15.5. The summed E-state index contributed by atoms with van der Waals surface area (Å²) in [6, 6.07) is 13.2. The Kier molecular flexibility index (Phi) is 7.27. The van der Waals surface area contributed by atoms with Crippen molar-refractivity contribution in [2.24, 2.45) is 0 Å². The number of carbonyl (C=O) groups excluding carboxylic acids is 2. The molecule has 0 radical (unpaired) electrons. The average molecular weight is 384 g/mol. The third kappa shape index (κ3) is 5.94. The van der Waals surface area contributed by atoms with E-state index in [0.717, 1.165) is 11.6 Å². The zero-order valence-electron chi connectivity index (χ0n) is 15.5. The molecule has 1 atom stereocenters. The van der Waals surface area contributed by atoms with Gasteiger partial charge in [0.25, 0.3) is 11.6 Å². The Balaban J connectivity index is 1.87. The van der Waals surface area contributed by atoms with Crippen molar-refractivity contribution >= 4 is 23.6 Å². The van der Waals surface area contributed by atoms with E-state index in [0.29, 0.717) is 5.75 Å². The molecule has 2 aromatic carbocycles. The molecule has 0 aliphatic rings. The number of hydrogen-bond donors (Lipinski definition) is 1. The van der Waals surface area contributed by atoms with Crippen LogP contribution in [0, 0.1) is 10.1 Å². The average Bonchev–Trinajstić information content (AvgIpc) is 2.70. The minimum atomic E-state index is -1.01. The number of rotatable bonds is 8. The van der Waals surface area contributed by atoms with Crippen LogP contribution in [-0.4, -0.2) is 30.0 Å². The molecule has 0 heterocycles. The van der Waals surface area contributed by atoms with Crippen molar-refractivity contribution in [1.29, 1.82) is 0 Å². The van der Waals surface area contributed by atoms with Crippen molar-refractivity contribution in [2.75, 3.05) is 7.11 Å². The molecule has 0 spiro atoms. The summed E-state index contributed by atoms with van der Waals surface area (Å²) in [5.41, 5.74) is 1.00. The summed E-state index contributed by atoms with van der Waals surface area (Å²) in [6.45, 7) is 1.72. The summed E-state index contributed by atoms with van der Waals surface area (Å²) >= 11 is 0. The monoisotopic (exact) mass is 384 g/mol. The smallest absolute Gasteiger partial charge is 0.331 e. The second kappa shape index (κ2) is 9.86. The molecule has 8 nitrogen and oxygen atoms in total. The van der Waals surface area contributed by atoms with Crippen LogP contribution in [0.3, 0.4) is 0 Å². The van der Waals surface area contributed by atoms with Crippen molar-refractivity contribution in [3.8, 4) is 5.75 Å². The summed E-state index contributed by atoms with van der Waals surface area (Å²) in [6.07, 6.45) is 1.32. The predicted molar refractivity (Wildman–Crippen MR) is 103 cm³/mol. The molecule has 0 fully saturated rings. The molecule has 0 bridgehead atoms. The first-order valence-electron chi connectivity index (χ1n) is 8.43. The normalized spacial score (nSPS) is 11.6. The molecule has 2 aromatic rings. The largest absolute Gasteiger partial charge is 0.497 e. The number of nitro groups is 1. The van der Waals surface area contributed by atoms with Crippen molar-refractivity contribution in [1.82, 2.24) is 5.32 Å². The number of nitrogens with one attached hydrogen (secondary N) is 1. The lowest BCUT2D eigenvalue weighted by atomic mass is 10.1. The van der Waals surface area contributed by atoms with Crippen molar-refractivity contribution in [3.05, 3.63) is 75.8 Å². The van der Waals surface area contributed by atoms with Gasteiger partial charge in [-0.15, -0.1) is 0 Å². The number of ether oxygens (including phenoxy) is 2. The SMILES string of the molecule is COc1ccc(CNC(=O)[C@H](C)OC(=O)/C=C/c2ccccc2[N+](=O)[O-])cc1. The molecule has 28 heavy (non-hydrogen) atoms. The minimum absolute atomic E-state index is 0.128. The van der Waals surface area contributed by atoms with E-state index < -0.39 is 22.9 Å². The molecule has 146 valence electrons. The van der Waals surface area contributed by atoms with Gasteiger partial charge in [0.2, 0.25) is 0 Å². The van der Waals surface area contributed by atoms with E-state index in [2.05, 4.69) is 5.32 Å². The van der Waals surface area contributed by atoms with Gasteiger partial charge in [-0.25, -0.2) is 4.79 Å².